The van der Waals surface area contributed by atoms with E-state index in [9.17, 15) is 4.79 Å². The van der Waals surface area contributed by atoms with Gasteiger partial charge in [-0.05, 0) is 6.92 Å². The Labute approximate surface area is 64.6 Å². The summed E-state index contributed by atoms with van der Waals surface area (Å²) >= 11 is 0. The van der Waals surface area contributed by atoms with Crippen LogP contribution in [0.4, 0.5) is 0 Å². The smallest absolute Gasteiger partial charge is 0.330 e. The second kappa shape index (κ2) is 8.33. The van der Waals surface area contributed by atoms with E-state index >= 15 is 0 Å². The Hall–Kier alpha value is -1.67. The molecule has 11 heavy (non-hydrogen) atoms. The first-order chi connectivity index (χ1) is 5.06. The van der Waals surface area contributed by atoms with Crippen LogP contribution < -0.4 is 0 Å². The number of isocyanates is 1. The number of aliphatic imine (C=N–C) groups is 1. The molecular formula is C7H9NO3. The number of rotatable bonds is 2. The number of carbonyl (C=O) groups is 1. The minimum Gasteiger partial charge on any atom is -0.478 e. The predicted octanol–water partition coefficient (Wildman–Crippen LogP) is 1.11. The highest BCUT2D eigenvalue weighted by Crippen LogP contribution is 1.81. The molecule has 0 unspecified atom stereocenters. The van der Waals surface area contributed by atoms with Crippen LogP contribution in [0.25, 0.3) is 0 Å². The van der Waals surface area contributed by atoms with Gasteiger partial charge in [0.1, 0.15) is 0 Å². The molecule has 4 nitrogen and oxygen atoms in total. The number of hydrogen-bond acceptors (Lipinski definition) is 3. The summed E-state index contributed by atoms with van der Waals surface area (Å²) in [6, 6.07) is 0. The molecule has 4 heteroatoms. The molecule has 0 aliphatic heterocycles. The number of carbonyl (C=O) groups excluding carboxylic acids is 1. The summed E-state index contributed by atoms with van der Waals surface area (Å²) in [5.74, 6) is -0.935. The van der Waals surface area contributed by atoms with Gasteiger partial charge in [-0.15, -0.1) is 0 Å². The summed E-state index contributed by atoms with van der Waals surface area (Å²) < 4.78 is 0. The minimum atomic E-state index is -0.935. The van der Waals surface area contributed by atoms with E-state index in [1.165, 1.54) is 13.0 Å². The van der Waals surface area contributed by atoms with Gasteiger partial charge < -0.3 is 5.11 Å². The predicted molar refractivity (Wildman–Crippen MR) is 40.8 cm³/mol. The molecule has 0 aromatic carbocycles. The number of aliphatic carboxylic acids is 1. The second-order valence-corrected chi connectivity index (χ2v) is 1.49. The normalized spacial score (nSPS) is 6.27. The first kappa shape index (κ1) is 12.0. The van der Waals surface area contributed by atoms with Crippen molar-refractivity contribution < 1.29 is 14.7 Å². The molecule has 1 N–H and O–H groups in total. The molecule has 0 aromatic heterocycles. The molecule has 0 saturated heterocycles. The maximum absolute atomic E-state index is 9.60. The monoisotopic (exact) mass is 155 g/mol. The molecule has 0 fully saturated rings. The van der Waals surface area contributed by atoms with Gasteiger partial charge in [0.25, 0.3) is 0 Å². The van der Waals surface area contributed by atoms with Crippen LogP contribution in [0, 0.1) is 0 Å². The van der Waals surface area contributed by atoms with Gasteiger partial charge in [-0.25, -0.2) is 9.59 Å². The molecule has 0 amide bonds. The minimum absolute atomic E-state index is 0.176. The molecular weight excluding hydrogens is 146 g/mol. The van der Waals surface area contributed by atoms with E-state index in [0.29, 0.717) is 0 Å². The molecule has 0 aliphatic rings. The fourth-order valence-corrected chi connectivity index (χ4v) is 0.0373. The quantitative estimate of drug-likeness (QED) is 0.369. The molecule has 60 valence electrons. The third-order valence-corrected chi connectivity index (χ3v) is 0.509. The van der Waals surface area contributed by atoms with Crippen LogP contribution in [-0.2, 0) is 9.59 Å². The lowest BCUT2D eigenvalue weighted by Gasteiger charge is -1.79. The average molecular weight is 155 g/mol. The molecule has 0 radical (unpaired) electrons. The van der Waals surface area contributed by atoms with Crippen molar-refractivity contribution in [2.24, 2.45) is 4.99 Å². The van der Waals surface area contributed by atoms with E-state index in [1.54, 1.807) is 0 Å². The van der Waals surface area contributed by atoms with Crippen LogP contribution in [0.5, 0.6) is 0 Å². The number of nitrogens with zero attached hydrogens (tertiary/aromatic N) is 1. The van der Waals surface area contributed by atoms with Gasteiger partial charge in [-0.3, -0.25) is 0 Å². The van der Waals surface area contributed by atoms with Crippen LogP contribution in [0.2, 0.25) is 0 Å². The van der Waals surface area contributed by atoms with E-state index in [0.717, 1.165) is 6.20 Å². The fraction of sp³-hybridized carbons (Fsp3) is 0.143. The molecule has 0 rings (SSSR count). The number of carboxylic acids is 1. The maximum Gasteiger partial charge on any atom is 0.330 e. The summed E-state index contributed by atoms with van der Waals surface area (Å²) in [4.78, 5) is 21.6. The summed E-state index contributed by atoms with van der Waals surface area (Å²) in [6.07, 6.45) is 2.41. The number of carboxylic acid groups (broad SMARTS) is 1. The lowest BCUT2D eigenvalue weighted by Crippen LogP contribution is -1.92. The third-order valence-electron chi connectivity index (χ3n) is 0.509. The highest BCUT2D eigenvalue weighted by molar-refractivity contribution is 5.84. The molecule has 0 aliphatic carbocycles. The van der Waals surface area contributed by atoms with E-state index in [2.05, 4.69) is 18.2 Å². The Morgan fingerprint density at radius 1 is 1.73 bits per heavy atom. The maximum atomic E-state index is 9.60. The molecule has 0 heterocycles. The van der Waals surface area contributed by atoms with E-state index < -0.39 is 5.97 Å². The topological polar surface area (TPSA) is 66.7 Å². The number of hydrogen-bond donors (Lipinski definition) is 1. The Morgan fingerprint density at radius 3 is 2.09 bits per heavy atom. The van der Waals surface area contributed by atoms with Gasteiger partial charge in [0, 0.05) is 11.8 Å². The molecule has 0 aromatic rings. The van der Waals surface area contributed by atoms with Crippen LogP contribution in [0.3, 0.4) is 0 Å². The zero-order chi connectivity index (χ0) is 9.28. The Bertz CT molecular complexity index is 190. The highest BCUT2D eigenvalue weighted by atomic mass is 16.4. The van der Waals surface area contributed by atoms with Crippen molar-refractivity contribution in [1.29, 1.82) is 0 Å². The van der Waals surface area contributed by atoms with Gasteiger partial charge in [0.15, 0.2) is 0 Å². The molecule has 0 spiro atoms. The lowest BCUT2D eigenvalue weighted by atomic mass is 10.4. The average Bonchev–Trinajstić information content (AvgIpc) is 1.90. The van der Waals surface area contributed by atoms with Crippen LogP contribution >= 0.6 is 0 Å². The van der Waals surface area contributed by atoms with Crippen molar-refractivity contribution in [3.63, 3.8) is 0 Å². The van der Waals surface area contributed by atoms with Gasteiger partial charge in [0.2, 0.25) is 6.08 Å². The Kier molecular flexibility index (Phi) is 9.12. The van der Waals surface area contributed by atoms with Crippen molar-refractivity contribution in [3.8, 4) is 0 Å². The molecule has 0 atom stereocenters. The first-order valence-corrected chi connectivity index (χ1v) is 2.63. The first-order valence-electron chi connectivity index (χ1n) is 2.63. The van der Waals surface area contributed by atoms with Gasteiger partial charge >= 0.3 is 5.97 Å². The Morgan fingerprint density at radius 2 is 2.09 bits per heavy atom. The van der Waals surface area contributed by atoms with Crippen LogP contribution in [0.1, 0.15) is 6.92 Å². The van der Waals surface area contributed by atoms with Crippen LogP contribution in [-0.4, -0.2) is 17.2 Å². The van der Waals surface area contributed by atoms with Crippen molar-refractivity contribution in [2.45, 2.75) is 6.92 Å². The van der Waals surface area contributed by atoms with Crippen LogP contribution in [0.15, 0.2) is 29.9 Å². The van der Waals surface area contributed by atoms with E-state index in [4.69, 9.17) is 9.90 Å². The zero-order valence-electron chi connectivity index (χ0n) is 6.20. The van der Waals surface area contributed by atoms with Gasteiger partial charge in [-0.2, -0.15) is 4.99 Å². The highest BCUT2D eigenvalue weighted by Gasteiger charge is 1.90. The largest absolute Gasteiger partial charge is 0.478 e. The van der Waals surface area contributed by atoms with Gasteiger partial charge in [-0.1, -0.05) is 13.2 Å². The SMILES string of the molecule is C=C(C)C(=O)O.C=CN=C=O. The summed E-state index contributed by atoms with van der Waals surface area (Å²) in [6.45, 7) is 7.72. The van der Waals surface area contributed by atoms with Gasteiger partial charge in [0.05, 0.1) is 0 Å². The fourth-order valence-electron chi connectivity index (χ4n) is 0.0373. The third kappa shape index (κ3) is 17.8. The van der Waals surface area contributed by atoms with E-state index in [-0.39, 0.29) is 5.57 Å². The zero-order valence-corrected chi connectivity index (χ0v) is 6.20. The van der Waals surface area contributed by atoms with Crippen molar-refractivity contribution in [2.75, 3.05) is 0 Å². The molecule has 0 saturated carbocycles. The summed E-state index contributed by atoms with van der Waals surface area (Å²) in [5.41, 5.74) is 0.176. The Balaban J connectivity index is 0. The van der Waals surface area contributed by atoms with Crippen molar-refractivity contribution >= 4 is 12.0 Å². The lowest BCUT2D eigenvalue weighted by molar-refractivity contribution is -0.132. The van der Waals surface area contributed by atoms with E-state index in [1.807, 2.05) is 0 Å². The van der Waals surface area contributed by atoms with Crippen molar-refractivity contribution in [1.82, 2.24) is 0 Å². The summed E-state index contributed by atoms with van der Waals surface area (Å²) in [7, 11) is 0. The van der Waals surface area contributed by atoms with Crippen molar-refractivity contribution in [3.05, 3.63) is 24.9 Å². The standard InChI is InChI=1S/C4H6O2.C3H3NO/c1-3(2)4(5)6;1-2-4-3-5/h1H2,2H3,(H,5,6);2H,1H2. The molecule has 0 bridgehead atoms. The second-order valence-electron chi connectivity index (χ2n) is 1.49. The summed E-state index contributed by atoms with van der Waals surface area (Å²) in [5, 5.41) is 7.89.